The number of hydrogen-bond acceptors (Lipinski definition) is 2. The molecule has 0 unspecified atom stereocenters. The van der Waals surface area contributed by atoms with E-state index in [2.05, 4.69) is 0 Å². The molecule has 1 aromatic rings. The van der Waals surface area contributed by atoms with Gasteiger partial charge in [0.05, 0.1) is 0 Å². The standard InChI is InChI=1S/C9H5F5N2/c10-6-1-4(8(16)9(12,13)14)2-7(11)5(6)3-15/h1-2,8H,16H2/t8-/m0/s1. The first kappa shape index (κ1) is 12.4. The molecule has 2 N–H and O–H groups in total. The molecule has 0 spiro atoms. The summed E-state index contributed by atoms with van der Waals surface area (Å²) in [7, 11) is 0. The second-order valence-corrected chi connectivity index (χ2v) is 2.99. The molecule has 1 rings (SSSR count). The molecule has 0 saturated carbocycles. The summed E-state index contributed by atoms with van der Waals surface area (Å²) in [4.78, 5) is 0. The molecule has 0 bridgehead atoms. The van der Waals surface area contributed by atoms with Crippen LogP contribution in [0.1, 0.15) is 17.2 Å². The van der Waals surface area contributed by atoms with Crippen LogP contribution in [0.15, 0.2) is 12.1 Å². The molecular formula is C9H5F5N2. The van der Waals surface area contributed by atoms with Gasteiger partial charge in [-0.2, -0.15) is 18.4 Å². The maximum atomic E-state index is 13.0. The minimum atomic E-state index is -4.80. The van der Waals surface area contributed by atoms with E-state index in [0.717, 1.165) is 0 Å². The Morgan fingerprint density at radius 1 is 1.19 bits per heavy atom. The van der Waals surface area contributed by atoms with Gasteiger partial charge in [-0.1, -0.05) is 0 Å². The van der Waals surface area contributed by atoms with Crippen LogP contribution in [0.25, 0.3) is 0 Å². The predicted molar refractivity (Wildman–Crippen MR) is 44.1 cm³/mol. The summed E-state index contributed by atoms with van der Waals surface area (Å²) in [5.41, 5.74) is 3.07. The normalized spacial score (nSPS) is 13.3. The van der Waals surface area contributed by atoms with Crippen molar-refractivity contribution in [1.29, 1.82) is 5.26 Å². The first-order chi connectivity index (χ1) is 7.27. The molecule has 16 heavy (non-hydrogen) atoms. The number of nitriles is 1. The van der Waals surface area contributed by atoms with Gasteiger partial charge in [0.1, 0.15) is 29.3 Å². The van der Waals surface area contributed by atoms with Crippen molar-refractivity contribution in [2.75, 3.05) is 0 Å². The summed E-state index contributed by atoms with van der Waals surface area (Å²) in [5.74, 6) is -2.73. The molecule has 86 valence electrons. The summed E-state index contributed by atoms with van der Waals surface area (Å²) in [6.45, 7) is 0. The van der Waals surface area contributed by atoms with Crippen molar-refractivity contribution >= 4 is 0 Å². The van der Waals surface area contributed by atoms with Crippen molar-refractivity contribution in [3.8, 4) is 6.07 Å². The fourth-order valence-electron chi connectivity index (χ4n) is 1.07. The van der Waals surface area contributed by atoms with E-state index in [0.29, 0.717) is 12.1 Å². The molecule has 0 aliphatic carbocycles. The molecule has 2 nitrogen and oxygen atoms in total. The molecule has 0 heterocycles. The van der Waals surface area contributed by atoms with E-state index in [9.17, 15) is 22.0 Å². The fraction of sp³-hybridized carbons (Fsp3) is 0.222. The Bertz CT molecular complexity index is 423. The topological polar surface area (TPSA) is 49.8 Å². The van der Waals surface area contributed by atoms with Gasteiger partial charge in [-0.3, -0.25) is 0 Å². The van der Waals surface area contributed by atoms with E-state index < -0.39 is 35.0 Å². The highest BCUT2D eigenvalue weighted by atomic mass is 19.4. The van der Waals surface area contributed by atoms with Crippen LogP contribution in [-0.2, 0) is 0 Å². The summed E-state index contributed by atoms with van der Waals surface area (Å²) >= 11 is 0. The molecule has 1 atom stereocenters. The average molecular weight is 236 g/mol. The molecular weight excluding hydrogens is 231 g/mol. The molecule has 0 aromatic heterocycles. The van der Waals surface area contributed by atoms with Crippen LogP contribution in [0, 0.1) is 23.0 Å². The highest BCUT2D eigenvalue weighted by molar-refractivity contribution is 5.36. The van der Waals surface area contributed by atoms with Gasteiger partial charge in [0.15, 0.2) is 0 Å². The Balaban J connectivity index is 3.25. The lowest BCUT2D eigenvalue weighted by Gasteiger charge is -2.16. The van der Waals surface area contributed by atoms with Gasteiger partial charge in [0, 0.05) is 0 Å². The van der Waals surface area contributed by atoms with Gasteiger partial charge in [0.25, 0.3) is 0 Å². The minimum absolute atomic E-state index is 0.403. The second kappa shape index (κ2) is 4.06. The van der Waals surface area contributed by atoms with Crippen LogP contribution in [-0.4, -0.2) is 6.18 Å². The molecule has 0 aliphatic rings. The summed E-state index contributed by atoms with van der Waals surface area (Å²) in [5, 5.41) is 8.31. The van der Waals surface area contributed by atoms with Gasteiger partial charge < -0.3 is 5.73 Å². The zero-order valence-corrected chi connectivity index (χ0v) is 7.65. The van der Waals surface area contributed by atoms with Crippen molar-refractivity contribution in [3.05, 3.63) is 34.9 Å². The number of rotatable bonds is 1. The van der Waals surface area contributed by atoms with Crippen LogP contribution < -0.4 is 5.73 Å². The van der Waals surface area contributed by atoms with Crippen LogP contribution >= 0.6 is 0 Å². The van der Waals surface area contributed by atoms with Crippen LogP contribution in [0.5, 0.6) is 0 Å². The number of halogens is 5. The Morgan fingerprint density at radius 3 is 1.94 bits per heavy atom. The monoisotopic (exact) mass is 236 g/mol. The van der Waals surface area contributed by atoms with E-state index in [1.54, 1.807) is 0 Å². The lowest BCUT2D eigenvalue weighted by molar-refractivity contribution is -0.149. The Kier molecular flexibility index (Phi) is 3.14. The van der Waals surface area contributed by atoms with Crippen LogP contribution in [0.3, 0.4) is 0 Å². The van der Waals surface area contributed by atoms with Crippen LogP contribution in [0.2, 0.25) is 0 Å². The maximum Gasteiger partial charge on any atom is 0.407 e. The second-order valence-electron chi connectivity index (χ2n) is 2.99. The molecule has 0 saturated heterocycles. The zero-order chi connectivity index (χ0) is 12.5. The predicted octanol–water partition coefficient (Wildman–Crippen LogP) is 2.40. The lowest BCUT2D eigenvalue weighted by Crippen LogP contribution is -2.28. The summed E-state index contributed by atoms with van der Waals surface area (Å²) in [6, 6.07) is -0.481. The lowest BCUT2D eigenvalue weighted by atomic mass is 10.0. The third-order valence-corrected chi connectivity index (χ3v) is 1.89. The van der Waals surface area contributed by atoms with E-state index in [4.69, 9.17) is 11.0 Å². The molecule has 0 radical (unpaired) electrons. The van der Waals surface area contributed by atoms with E-state index in [1.165, 1.54) is 6.07 Å². The minimum Gasteiger partial charge on any atom is -0.316 e. The first-order valence-corrected chi connectivity index (χ1v) is 3.98. The average Bonchev–Trinajstić information content (AvgIpc) is 2.14. The fourth-order valence-corrected chi connectivity index (χ4v) is 1.07. The Hall–Kier alpha value is -1.68. The van der Waals surface area contributed by atoms with Crippen molar-refractivity contribution < 1.29 is 22.0 Å². The largest absolute Gasteiger partial charge is 0.407 e. The number of nitrogens with zero attached hydrogens (tertiary/aromatic N) is 1. The van der Waals surface area contributed by atoms with Gasteiger partial charge >= 0.3 is 6.18 Å². The first-order valence-electron chi connectivity index (χ1n) is 3.98. The van der Waals surface area contributed by atoms with Crippen molar-refractivity contribution in [2.45, 2.75) is 12.2 Å². The van der Waals surface area contributed by atoms with E-state index in [1.807, 2.05) is 0 Å². The molecule has 0 amide bonds. The van der Waals surface area contributed by atoms with Gasteiger partial charge in [-0.25, -0.2) is 8.78 Å². The Labute approximate surface area is 87.1 Å². The molecule has 0 fully saturated rings. The SMILES string of the molecule is N#Cc1c(F)cc([C@H](N)C(F)(F)F)cc1F. The number of hydrogen-bond donors (Lipinski definition) is 1. The van der Waals surface area contributed by atoms with Crippen molar-refractivity contribution in [1.82, 2.24) is 0 Å². The molecule has 0 aliphatic heterocycles. The van der Waals surface area contributed by atoms with E-state index in [-0.39, 0.29) is 0 Å². The zero-order valence-electron chi connectivity index (χ0n) is 7.65. The van der Waals surface area contributed by atoms with Crippen LogP contribution in [0.4, 0.5) is 22.0 Å². The highest BCUT2D eigenvalue weighted by Gasteiger charge is 2.38. The summed E-state index contributed by atoms with van der Waals surface area (Å²) < 4.78 is 62.4. The quantitative estimate of drug-likeness (QED) is 0.761. The van der Waals surface area contributed by atoms with E-state index >= 15 is 0 Å². The number of benzene rings is 1. The maximum absolute atomic E-state index is 13.0. The third-order valence-electron chi connectivity index (χ3n) is 1.89. The smallest absolute Gasteiger partial charge is 0.316 e. The van der Waals surface area contributed by atoms with Gasteiger partial charge in [-0.15, -0.1) is 0 Å². The van der Waals surface area contributed by atoms with Gasteiger partial charge in [-0.05, 0) is 17.7 Å². The highest BCUT2D eigenvalue weighted by Crippen LogP contribution is 2.31. The van der Waals surface area contributed by atoms with Crippen molar-refractivity contribution in [3.63, 3.8) is 0 Å². The van der Waals surface area contributed by atoms with Gasteiger partial charge in [0.2, 0.25) is 0 Å². The molecule has 7 heteroatoms. The molecule has 1 aromatic carbocycles. The van der Waals surface area contributed by atoms with Crippen molar-refractivity contribution in [2.24, 2.45) is 5.73 Å². The Morgan fingerprint density at radius 2 is 1.62 bits per heavy atom. The summed E-state index contributed by atoms with van der Waals surface area (Å²) in [6.07, 6.45) is -4.80. The number of nitrogens with two attached hydrogens (primary N) is 1. The third kappa shape index (κ3) is 2.28. The number of alkyl halides is 3.